The number of nitrogens with zero attached hydrogens (tertiary/aromatic N) is 2. The maximum Gasteiger partial charge on any atom is 0.185 e. The summed E-state index contributed by atoms with van der Waals surface area (Å²) in [6, 6.07) is 0. The summed E-state index contributed by atoms with van der Waals surface area (Å²) < 4.78 is 0. The molecule has 0 unspecified atom stereocenters. The Labute approximate surface area is 87.8 Å². The van der Waals surface area contributed by atoms with E-state index in [0.717, 1.165) is 18.2 Å². The normalized spacial score (nSPS) is 19.2. The van der Waals surface area contributed by atoms with Crippen molar-refractivity contribution in [2.24, 2.45) is 5.41 Å². The summed E-state index contributed by atoms with van der Waals surface area (Å²) >= 11 is 1.56. The van der Waals surface area contributed by atoms with E-state index in [4.69, 9.17) is 0 Å². The highest BCUT2D eigenvalue weighted by Gasteiger charge is 2.35. The van der Waals surface area contributed by atoms with Crippen LogP contribution in [0.5, 0.6) is 0 Å². The van der Waals surface area contributed by atoms with E-state index in [1.165, 1.54) is 0 Å². The quantitative estimate of drug-likeness (QED) is 0.701. The standard InChI is InChI=1S/C10H14N2OS/c1-7(13)8-4-14-9(11-8)12-5-10(2,3)6-12/h4H,5-6H2,1-3H3. The number of anilines is 1. The molecule has 0 bridgehead atoms. The fourth-order valence-electron chi connectivity index (χ4n) is 1.69. The summed E-state index contributed by atoms with van der Waals surface area (Å²) in [6.45, 7) is 8.11. The Balaban J connectivity index is 2.08. The zero-order valence-electron chi connectivity index (χ0n) is 8.70. The summed E-state index contributed by atoms with van der Waals surface area (Å²) in [7, 11) is 0. The highest BCUT2D eigenvalue weighted by molar-refractivity contribution is 7.14. The lowest BCUT2D eigenvalue weighted by Crippen LogP contribution is -2.53. The third kappa shape index (κ3) is 1.66. The third-order valence-corrected chi connectivity index (χ3v) is 3.26. The highest BCUT2D eigenvalue weighted by atomic mass is 32.1. The van der Waals surface area contributed by atoms with Crippen LogP contribution in [-0.2, 0) is 0 Å². The van der Waals surface area contributed by atoms with Crippen molar-refractivity contribution in [3.8, 4) is 0 Å². The van der Waals surface area contributed by atoms with Gasteiger partial charge in [-0.05, 0) is 5.41 Å². The minimum absolute atomic E-state index is 0.0484. The Bertz CT molecular complexity index is 362. The van der Waals surface area contributed by atoms with Crippen LogP contribution in [0.4, 0.5) is 5.13 Å². The van der Waals surface area contributed by atoms with Crippen LogP contribution >= 0.6 is 11.3 Å². The van der Waals surface area contributed by atoms with E-state index >= 15 is 0 Å². The summed E-state index contributed by atoms with van der Waals surface area (Å²) in [5.41, 5.74) is 0.997. The van der Waals surface area contributed by atoms with Gasteiger partial charge in [0, 0.05) is 25.4 Å². The molecule has 4 heteroatoms. The molecule has 0 aromatic carbocycles. The molecule has 1 aromatic heterocycles. The molecule has 1 aliphatic rings. The Morgan fingerprint density at radius 2 is 2.21 bits per heavy atom. The molecule has 0 amide bonds. The van der Waals surface area contributed by atoms with Crippen molar-refractivity contribution >= 4 is 22.3 Å². The van der Waals surface area contributed by atoms with Gasteiger partial charge in [0.1, 0.15) is 5.69 Å². The first kappa shape index (κ1) is 9.65. The molecule has 1 aliphatic heterocycles. The maximum atomic E-state index is 11.0. The van der Waals surface area contributed by atoms with Crippen LogP contribution in [0, 0.1) is 5.41 Å². The lowest BCUT2D eigenvalue weighted by Gasteiger charge is -2.45. The van der Waals surface area contributed by atoms with E-state index in [1.54, 1.807) is 18.3 Å². The molecule has 2 heterocycles. The molecule has 0 atom stereocenters. The molecule has 2 rings (SSSR count). The van der Waals surface area contributed by atoms with Gasteiger partial charge in [-0.25, -0.2) is 4.98 Å². The van der Waals surface area contributed by atoms with Crippen molar-refractivity contribution in [2.45, 2.75) is 20.8 Å². The molecule has 0 saturated carbocycles. The number of hydrogen-bond donors (Lipinski definition) is 0. The second-order valence-corrected chi connectivity index (χ2v) is 5.43. The molecule has 0 N–H and O–H groups in total. The minimum Gasteiger partial charge on any atom is -0.347 e. The topological polar surface area (TPSA) is 33.2 Å². The van der Waals surface area contributed by atoms with Gasteiger partial charge in [-0.3, -0.25) is 4.79 Å². The zero-order chi connectivity index (χ0) is 10.3. The minimum atomic E-state index is 0.0484. The van der Waals surface area contributed by atoms with E-state index < -0.39 is 0 Å². The Morgan fingerprint density at radius 3 is 2.64 bits per heavy atom. The second-order valence-electron chi connectivity index (χ2n) is 4.59. The van der Waals surface area contributed by atoms with Gasteiger partial charge in [0.15, 0.2) is 10.9 Å². The number of aromatic nitrogens is 1. The predicted molar refractivity (Wildman–Crippen MR) is 58.1 cm³/mol. The van der Waals surface area contributed by atoms with Gasteiger partial charge in [0.05, 0.1) is 0 Å². The molecule has 1 fully saturated rings. The van der Waals surface area contributed by atoms with Gasteiger partial charge in [-0.1, -0.05) is 13.8 Å². The molecule has 0 spiro atoms. The lowest BCUT2D eigenvalue weighted by molar-refractivity contribution is 0.101. The summed E-state index contributed by atoms with van der Waals surface area (Å²) in [5.74, 6) is 0.0484. The van der Waals surface area contributed by atoms with Crippen molar-refractivity contribution in [1.82, 2.24) is 4.98 Å². The molecule has 3 nitrogen and oxygen atoms in total. The molecule has 1 saturated heterocycles. The van der Waals surface area contributed by atoms with Crippen LogP contribution in [0.25, 0.3) is 0 Å². The fourth-order valence-corrected chi connectivity index (χ4v) is 2.56. The molecule has 14 heavy (non-hydrogen) atoms. The van der Waals surface area contributed by atoms with Crippen LogP contribution in [0.3, 0.4) is 0 Å². The summed E-state index contributed by atoms with van der Waals surface area (Å²) in [5, 5.41) is 2.82. The fraction of sp³-hybridized carbons (Fsp3) is 0.600. The number of Topliss-reactive ketones (excluding diaryl/α,β-unsaturated/α-hetero) is 1. The SMILES string of the molecule is CC(=O)c1csc(N2CC(C)(C)C2)n1. The number of ketones is 1. The Morgan fingerprint density at radius 1 is 1.57 bits per heavy atom. The van der Waals surface area contributed by atoms with Gasteiger partial charge >= 0.3 is 0 Å². The largest absolute Gasteiger partial charge is 0.347 e. The van der Waals surface area contributed by atoms with Gasteiger partial charge in [-0.2, -0.15) is 0 Å². The molecular formula is C10H14N2OS. The highest BCUT2D eigenvalue weighted by Crippen LogP contribution is 2.34. The van der Waals surface area contributed by atoms with Crippen molar-refractivity contribution in [2.75, 3.05) is 18.0 Å². The van der Waals surface area contributed by atoms with E-state index in [1.807, 2.05) is 5.38 Å². The monoisotopic (exact) mass is 210 g/mol. The van der Waals surface area contributed by atoms with Gasteiger partial charge < -0.3 is 4.90 Å². The third-order valence-electron chi connectivity index (χ3n) is 2.36. The maximum absolute atomic E-state index is 11.0. The van der Waals surface area contributed by atoms with Crippen molar-refractivity contribution in [1.29, 1.82) is 0 Å². The number of thiazole rings is 1. The second kappa shape index (κ2) is 3.05. The van der Waals surface area contributed by atoms with Crippen molar-refractivity contribution in [3.05, 3.63) is 11.1 Å². The number of rotatable bonds is 2. The average molecular weight is 210 g/mol. The first-order chi connectivity index (χ1) is 6.48. The van der Waals surface area contributed by atoms with Gasteiger partial charge in [-0.15, -0.1) is 11.3 Å². The van der Waals surface area contributed by atoms with Crippen LogP contribution in [-0.4, -0.2) is 23.9 Å². The summed E-state index contributed by atoms with van der Waals surface area (Å²) in [6.07, 6.45) is 0. The molecular weight excluding hydrogens is 196 g/mol. The zero-order valence-corrected chi connectivity index (χ0v) is 9.52. The number of carbonyl (C=O) groups is 1. The lowest BCUT2D eigenvalue weighted by atomic mass is 9.85. The van der Waals surface area contributed by atoms with Crippen LogP contribution in [0.15, 0.2) is 5.38 Å². The van der Waals surface area contributed by atoms with E-state index in [2.05, 4.69) is 23.7 Å². The molecule has 1 aromatic rings. The first-order valence-corrected chi connectivity index (χ1v) is 5.57. The number of carbonyl (C=O) groups excluding carboxylic acids is 1. The van der Waals surface area contributed by atoms with Crippen molar-refractivity contribution < 1.29 is 4.79 Å². The van der Waals surface area contributed by atoms with Crippen molar-refractivity contribution in [3.63, 3.8) is 0 Å². The summed E-state index contributed by atoms with van der Waals surface area (Å²) in [4.78, 5) is 17.6. The van der Waals surface area contributed by atoms with Gasteiger partial charge in [0.2, 0.25) is 0 Å². The van der Waals surface area contributed by atoms with Crippen LogP contribution < -0.4 is 4.90 Å². The molecule has 0 radical (unpaired) electrons. The van der Waals surface area contributed by atoms with Gasteiger partial charge in [0.25, 0.3) is 0 Å². The van der Waals surface area contributed by atoms with E-state index in [0.29, 0.717) is 11.1 Å². The smallest absolute Gasteiger partial charge is 0.185 e. The van der Waals surface area contributed by atoms with Crippen LogP contribution in [0.1, 0.15) is 31.3 Å². The van der Waals surface area contributed by atoms with Crippen LogP contribution in [0.2, 0.25) is 0 Å². The van der Waals surface area contributed by atoms with E-state index in [-0.39, 0.29) is 5.78 Å². The average Bonchev–Trinajstić information content (AvgIpc) is 2.47. The number of hydrogen-bond acceptors (Lipinski definition) is 4. The first-order valence-electron chi connectivity index (χ1n) is 4.69. The Hall–Kier alpha value is -0.900. The molecule has 0 aliphatic carbocycles. The Kier molecular flexibility index (Phi) is 2.10. The predicted octanol–water partition coefficient (Wildman–Crippen LogP) is 2.19. The van der Waals surface area contributed by atoms with E-state index in [9.17, 15) is 4.79 Å². The molecule has 76 valence electrons.